The van der Waals surface area contributed by atoms with Gasteiger partial charge >= 0.3 is 24.1 Å². The number of amides is 3. The first-order chi connectivity index (χ1) is 25.7. The molecule has 23 heteroatoms. The second kappa shape index (κ2) is 18.4. The zero-order chi connectivity index (χ0) is 41.2. The summed E-state index contributed by atoms with van der Waals surface area (Å²) >= 11 is 11.7. The SMILES string of the molecule is COc1cc(OC)nc(NC(=O)NS(=O)(=O)c2ncccc2C(=O)N(C)C)n1.C[C@H](OC(=O)c1cc(Oc2ccc(C(F)(F)F)cc2Cl)ccc1Cl)C(=O)O. The number of carboxylic acids is 1. The summed E-state index contributed by atoms with van der Waals surface area (Å²) in [5.41, 5.74) is -1.31. The van der Waals surface area contributed by atoms with Gasteiger partial charge in [0.05, 0.1) is 47.0 Å². The molecule has 2 heterocycles. The lowest BCUT2D eigenvalue weighted by Crippen LogP contribution is -2.36. The molecular weight excluding hydrogens is 804 g/mol. The van der Waals surface area contributed by atoms with E-state index in [4.69, 9.17) is 47.3 Å². The van der Waals surface area contributed by atoms with Gasteiger partial charge in [0.1, 0.15) is 11.5 Å². The van der Waals surface area contributed by atoms with Crippen LogP contribution in [0.25, 0.3) is 0 Å². The van der Waals surface area contributed by atoms with Gasteiger partial charge in [-0.15, -0.1) is 0 Å². The van der Waals surface area contributed by atoms with Gasteiger partial charge in [0.25, 0.3) is 15.9 Å². The predicted molar refractivity (Wildman–Crippen MR) is 187 cm³/mol. The van der Waals surface area contributed by atoms with Crippen LogP contribution in [0, 0.1) is 0 Å². The first-order valence-electron chi connectivity index (χ1n) is 14.9. The number of anilines is 1. The second-order valence-corrected chi connectivity index (χ2v) is 13.1. The average Bonchev–Trinajstić information content (AvgIpc) is 3.12. The highest BCUT2D eigenvalue weighted by Crippen LogP contribution is 2.37. The number of hydrogen-bond donors (Lipinski definition) is 3. The number of carbonyl (C=O) groups excluding carboxylic acids is 3. The molecule has 2 aromatic carbocycles. The summed E-state index contributed by atoms with van der Waals surface area (Å²) in [5.74, 6) is -3.05. The molecule has 0 aliphatic carbocycles. The molecule has 0 unspecified atom stereocenters. The van der Waals surface area contributed by atoms with Gasteiger partial charge in [0.15, 0.2) is 11.1 Å². The van der Waals surface area contributed by atoms with Crippen molar-refractivity contribution in [2.75, 3.05) is 33.6 Å². The highest BCUT2D eigenvalue weighted by Gasteiger charge is 2.31. The number of halogens is 5. The van der Waals surface area contributed by atoms with Gasteiger partial charge in [0, 0.05) is 20.3 Å². The Morgan fingerprint density at radius 1 is 0.909 bits per heavy atom. The number of carbonyl (C=O) groups is 4. The van der Waals surface area contributed by atoms with Gasteiger partial charge in [-0.1, -0.05) is 23.2 Å². The van der Waals surface area contributed by atoms with E-state index in [1.807, 2.05) is 0 Å². The van der Waals surface area contributed by atoms with Gasteiger partial charge in [-0.2, -0.15) is 31.6 Å². The van der Waals surface area contributed by atoms with Gasteiger partial charge in [-0.05, 0) is 55.5 Å². The first kappa shape index (κ1) is 43.5. The van der Waals surface area contributed by atoms with Crippen LogP contribution >= 0.6 is 23.2 Å². The van der Waals surface area contributed by atoms with E-state index in [9.17, 15) is 40.8 Å². The zero-order valence-electron chi connectivity index (χ0n) is 29.0. The third kappa shape index (κ3) is 12.0. The summed E-state index contributed by atoms with van der Waals surface area (Å²) < 4.78 is 84.8. The first-order valence-corrected chi connectivity index (χ1v) is 17.2. The minimum atomic E-state index is -4.56. The molecule has 0 radical (unpaired) electrons. The number of carboxylic acid groups (broad SMARTS) is 1. The summed E-state index contributed by atoms with van der Waals surface area (Å²) in [6.07, 6.45) is -4.77. The van der Waals surface area contributed by atoms with E-state index in [2.05, 4.69) is 20.3 Å². The van der Waals surface area contributed by atoms with Crippen molar-refractivity contribution in [1.29, 1.82) is 0 Å². The van der Waals surface area contributed by atoms with E-state index >= 15 is 0 Å². The summed E-state index contributed by atoms with van der Waals surface area (Å²) in [7, 11) is 1.15. The number of aliphatic carboxylic acids is 1. The van der Waals surface area contributed by atoms with E-state index in [0.717, 1.165) is 25.1 Å². The molecule has 17 nitrogen and oxygen atoms in total. The minimum absolute atomic E-state index is 0.0246. The number of urea groups is 1. The minimum Gasteiger partial charge on any atom is -0.481 e. The van der Waals surface area contributed by atoms with Crippen LogP contribution in [0.2, 0.25) is 10.0 Å². The van der Waals surface area contributed by atoms with Crippen LogP contribution < -0.4 is 24.2 Å². The van der Waals surface area contributed by atoms with E-state index in [-0.39, 0.29) is 50.4 Å². The highest BCUT2D eigenvalue weighted by molar-refractivity contribution is 7.90. The topological polar surface area (TPSA) is 226 Å². The lowest BCUT2D eigenvalue weighted by atomic mass is 10.2. The van der Waals surface area contributed by atoms with Crippen molar-refractivity contribution in [2.24, 2.45) is 0 Å². The molecule has 0 fully saturated rings. The van der Waals surface area contributed by atoms with Crippen molar-refractivity contribution >= 4 is 63.1 Å². The number of aromatic nitrogens is 3. The lowest BCUT2D eigenvalue weighted by molar-refractivity contribution is -0.146. The second-order valence-electron chi connectivity index (χ2n) is 10.7. The van der Waals surface area contributed by atoms with Crippen LogP contribution in [-0.2, 0) is 25.7 Å². The molecule has 2 aromatic heterocycles. The van der Waals surface area contributed by atoms with Crippen molar-refractivity contribution in [2.45, 2.75) is 24.2 Å². The predicted octanol–water partition coefficient (Wildman–Crippen LogP) is 5.54. The third-order valence-corrected chi connectivity index (χ3v) is 8.40. The average molecular weight is 834 g/mol. The Bertz CT molecular complexity index is 2170. The Kier molecular flexibility index (Phi) is 14.5. The van der Waals surface area contributed by atoms with Crippen molar-refractivity contribution < 1.29 is 64.8 Å². The molecule has 1 atom stereocenters. The van der Waals surface area contributed by atoms with E-state index in [1.54, 1.807) is 4.72 Å². The van der Waals surface area contributed by atoms with Gasteiger partial charge in [-0.25, -0.2) is 24.1 Å². The fourth-order valence-corrected chi connectivity index (χ4v) is 5.31. The highest BCUT2D eigenvalue weighted by atomic mass is 35.5. The molecule has 0 bridgehead atoms. The summed E-state index contributed by atoms with van der Waals surface area (Å²) in [5, 5.41) is 10.0. The lowest BCUT2D eigenvalue weighted by Gasteiger charge is -2.14. The van der Waals surface area contributed by atoms with Crippen molar-refractivity contribution in [3.05, 3.63) is 87.5 Å². The van der Waals surface area contributed by atoms with Crippen LogP contribution in [-0.4, -0.2) is 91.7 Å². The number of sulfonamides is 1. The number of alkyl halides is 3. The normalized spacial score (nSPS) is 11.5. The Labute approximate surface area is 320 Å². The standard InChI is InChI=1S/C17H11Cl2F3O5.C15H18N6O6S/c1-8(15(23)24)26-16(25)11-7-10(3-4-12(11)18)27-14-5-2-9(6-13(14)19)17(20,21)22;1-21(2)13(22)9-6-5-7-16-12(9)28(24,25)20-15(23)19-14-17-10(26-3)8-11(18-14)27-4/h2-8H,1H3,(H,23,24);5-8H,1-4H3,(H2,17,18,19,20,23)/t8-;/m0./s1. The number of ether oxygens (including phenoxy) is 4. The number of esters is 1. The summed E-state index contributed by atoms with van der Waals surface area (Å²) in [6, 6.07) is 9.24. The quantitative estimate of drug-likeness (QED) is 0.158. The molecule has 3 amide bonds. The number of pyridine rings is 1. The Hall–Kier alpha value is -5.93. The molecule has 0 saturated carbocycles. The molecule has 0 saturated heterocycles. The molecular formula is C32H29Cl2F3N6O11S. The van der Waals surface area contributed by atoms with Gasteiger partial charge < -0.3 is 29.0 Å². The third-order valence-electron chi connectivity index (χ3n) is 6.49. The number of rotatable bonds is 11. The monoisotopic (exact) mass is 832 g/mol. The Balaban J connectivity index is 0.000000296. The largest absolute Gasteiger partial charge is 0.481 e. The number of benzene rings is 2. The smallest absolute Gasteiger partial charge is 0.416 e. The fraction of sp³-hybridized carbons (Fsp3) is 0.219. The molecule has 4 aromatic rings. The van der Waals surface area contributed by atoms with Crippen molar-refractivity contribution in [3.8, 4) is 23.3 Å². The van der Waals surface area contributed by atoms with E-state index < -0.39 is 56.8 Å². The van der Waals surface area contributed by atoms with Crippen molar-refractivity contribution in [3.63, 3.8) is 0 Å². The zero-order valence-corrected chi connectivity index (χ0v) is 31.3. The van der Waals surface area contributed by atoms with Gasteiger partial charge in [0.2, 0.25) is 17.7 Å². The summed E-state index contributed by atoms with van der Waals surface area (Å²) in [6.45, 7) is 1.16. The van der Waals surface area contributed by atoms with E-state index in [1.165, 1.54) is 69.7 Å². The van der Waals surface area contributed by atoms with Gasteiger partial charge in [-0.3, -0.25) is 10.1 Å². The maximum Gasteiger partial charge on any atom is 0.416 e. The summed E-state index contributed by atoms with van der Waals surface area (Å²) in [4.78, 5) is 59.7. The Morgan fingerprint density at radius 2 is 1.55 bits per heavy atom. The fourth-order valence-electron chi connectivity index (χ4n) is 3.86. The van der Waals surface area contributed by atoms with Crippen LogP contribution in [0.1, 0.15) is 33.2 Å². The Morgan fingerprint density at radius 3 is 2.09 bits per heavy atom. The van der Waals surface area contributed by atoms with Crippen LogP contribution in [0.3, 0.4) is 0 Å². The number of methoxy groups -OCH3 is 2. The maximum atomic E-state index is 12.7. The van der Waals surface area contributed by atoms with Crippen LogP contribution in [0.4, 0.5) is 23.9 Å². The maximum absolute atomic E-state index is 12.7. The molecule has 4 rings (SSSR count). The molecule has 0 spiro atoms. The molecule has 0 aliphatic rings. The van der Waals surface area contributed by atoms with Crippen LogP contribution in [0.15, 0.2) is 65.8 Å². The number of nitrogens with one attached hydrogen (secondary N) is 2. The molecule has 55 heavy (non-hydrogen) atoms. The van der Waals surface area contributed by atoms with E-state index in [0.29, 0.717) is 6.07 Å². The molecule has 294 valence electrons. The molecule has 3 N–H and O–H groups in total. The molecule has 0 aliphatic heterocycles. The van der Waals surface area contributed by atoms with Crippen LogP contribution in [0.5, 0.6) is 23.3 Å². The number of nitrogens with zero attached hydrogens (tertiary/aromatic N) is 4. The van der Waals surface area contributed by atoms with Crippen molar-refractivity contribution in [1.82, 2.24) is 24.6 Å². The number of hydrogen-bond acceptors (Lipinski definition) is 13.